The highest BCUT2D eigenvalue weighted by Gasteiger charge is 2.33. The van der Waals surface area contributed by atoms with Crippen molar-refractivity contribution in [3.8, 4) is 0 Å². The Bertz CT molecular complexity index is 299. The zero-order chi connectivity index (χ0) is 15.5. The van der Waals surface area contributed by atoms with Crippen LogP contribution in [0.5, 0.6) is 0 Å². The number of halogens is 2. The van der Waals surface area contributed by atoms with Crippen molar-refractivity contribution >= 4 is 17.3 Å². The molecule has 0 unspecified atom stereocenters. The first kappa shape index (κ1) is 20.2. The highest BCUT2D eigenvalue weighted by molar-refractivity contribution is 6.36. The van der Waals surface area contributed by atoms with Gasteiger partial charge in [0.25, 0.3) is 0 Å². The molecule has 0 spiro atoms. The normalized spacial score (nSPS) is 10.4. The van der Waals surface area contributed by atoms with Crippen molar-refractivity contribution in [2.45, 2.75) is 72.1 Å². The van der Waals surface area contributed by atoms with E-state index in [9.17, 15) is 23.2 Å². The molecule has 0 fully saturated rings. The Hall–Kier alpha value is -1.13. The minimum Gasteiger partial charge on any atom is -0.293 e. The third-order valence-electron chi connectivity index (χ3n) is 2.51. The Morgan fingerprint density at radius 2 is 1.42 bits per heavy atom. The minimum atomic E-state index is -3.09. The lowest BCUT2D eigenvalue weighted by molar-refractivity contribution is -0.141. The standard InChI is InChI=1S/C7H12F2O.C7H12O2/c1-3-4-5-7(8,9)6(2)10;1-3-4-5-7(9)6(2)8/h3-5H2,1-2H3;3-5H2,1-2H3. The third kappa shape index (κ3) is 11.7. The number of carbonyl (C=O) groups is 3. The zero-order valence-corrected chi connectivity index (χ0v) is 12.2. The van der Waals surface area contributed by atoms with Gasteiger partial charge in [0.1, 0.15) is 0 Å². The van der Waals surface area contributed by atoms with Crippen molar-refractivity contribution in [1.29, 1.82) is 0 Å². The average molecular weight is 278 g/mol. The second-order valence-corrected chi connectivity index (χ2v) is 4.45. The van der Waals surface area contributed by atoms with E-state index in [4.69, 9.17) is 0 Å². The van der Waals surface area contributed by atoms with Crippen LogP contribution in [-0.4, -0.2) is 23.3 Å². The lowest BCUT2D eigenvalue weighted by Crippen LogP contribution is -2.25. The van der Waals surface area contributed by atoms with Crippen LogP contribution in [0, 0.1) is 0 Å². The molecule has 0 atom stereocenters. The van der Waals surface area contributed by atoms with Gasteiger partial charge in [0.05, 0.1) is 0 Å². The van der Waals surface area contributed by atoms with Crippen LogP contribution in [0.3, 0.4) is 0 Å². The second-order valence-electron chi connectivity index (χ2n) is 4.45. The van der Waals surface area contributed by atoms with E-state index >= 15 is 0 Å². The van der Waals surface area contributed by atoms with Gasteiger partial charge in [0.15, 0.2) is 17.3 Å². The minimum absolute atomic E-state index is 0.239. The Balaban J connectivity index is 0. The topological polar surface area (TPSA) is 51.2 Å². The average Bonchev–Trinajstić information content (AvgIpc) is 2.33. The fourth-order valence-corrected chi connectivity index (χ4v) is 1.09. The van der Waals surface area contributed by atoms with Gasteiger partial charge in [-0.05, 0) is 12.8 Å². The van der Waals surface area contributed by atoms with Gasteiger partial charge in [0, 0.05) is 26.7 Å². The summed E-state index contributed by atoms with van der Waals surface area (Å²) in [4.78, 5) is 31.1. The highest BCUT2D eigenvalue weighted by Crippen LogP contribution is 2.21. The van der Waals surface area contributed by atoms with E-state index in [2.05, 4.69) is 0 Å². The van der Waals surface area contributed by atoms with Gasteiger partial charge in [-0.1, -0.05) is 26.7 Å². The van der Waals surface area contributed by atoms with Crippen molar-refractivity contribution < 1.29 is 23.2 Å². The number of hydrogen-bond acceptors (Lipinski definition) is 3. The first-order valence-corrected chi connectivity index (χ1v) is 6.61. The summed E-state index contributed by atoms with van der Waals surface area (Å²) in [7, 11) is 0. The molecule has 0 aromatic heterocycles. The SMILES string of the molecule is CCCCC(=O)C(C)=O.CCCCC(F)(F)C(C)=O. The maximum Gasteiger partial charge on any atom is 0.304 e. The first-order valence-electron chi connectivity index (χ1n) is 6.61. The van der Waals surface area contributed by atoms with Gasteiger partial charge < -0.3 is 0 Å². The van der Waals surface area contributed by atoms with E-state index < -0.39 is 11.7 Å². The maximum atomic E-state index is 12.4. The molecule has 0 aromatic rings. The Labute approximate surface area is 113 Å². The number of unbranched alkanes of at least 4 members (excludes halogenated alkanes) is 2. The summed E-state index contributed by atoms with van der Waals surface area (Å²) in [6.45, 7) is 6.05. The van der Waals surface area contributed by atoms with Crippen LogP contribution in [0.4, 0.5) is 8.78 Å². The maximum absolute atomic E-state index is 12.4. The van der Waals surface area contributed by atoms with Gasteiger partial charge in [-0.25, -0.2) is 0 Å². The summed E-state index contributed by atoms with van der Waals surface area (Å²) >= 11 is 0. The molecule has 19 heavy (non-hydrogen) atoms. The number of Topliss-reactive ketones (excluding diaryl/α,β-unsaturated/α-hetero) is 3. The Kier molecular flexibility index (Phi) is 11.4. The van der Waals surface area contributed by atoms with Crippen LogP contribution in [0.15, 0.2) is 0 Å². The number of rotatable bonds is 8. The molecule has 3 nitrogen and oxygen atoms in total. The molecule has 0 aliphatic carbocycles. The Morgan fingerprint density at radius 3 is 1.74 bits per heavy atom. The van der Waals surface area contributed by atoms with E-state index in [1.807, 2.05) is 13.8 Å². The summed E-state index contributed by atoms with van der Waals surface area (Å²) in [6.07, 6.45) is 3.03. The molecule has 0 amide bonds. The van der Waals surface area contributed by atoms with E-state index in [1.165, 1.54) is 6.92 Å². The van der Waals surface area contributed by atoms with Crippen LogP contribution in [0.2, 0.25) is 0 Å². The van der Waals surface area contributed by atoms with Crippen molar-refractivity contribution in [3.63, 3.8) is 0 Å². The van der Waals surface area contributed by atoms with Crippen LogP contribution < -0.4 is 0 Å². The zero-order valence-electron chi connectivity index (χ0n) is 12.2. The molecule has 0 heterocycles. The van der Waals surface area contributed by atoms with E-state index in [0.717, 1.165) is 19.8 Å². The fraction of sp³-hybridized carbons (Fsp3) is 0.786. The molecule has 112 valence electrons. The first-order chi connectivity index (χ1) is 8.68. The fourth-order valence-electron chi connectivity index (χ4n) is 1.09. The number of ketones is 3. The quantitative estimate of drug-likeness (QED) is 0.635. The van der Waals surface area contributed by atoms with E-state index in [0.29, 0.717) is 19.3 Å². The monoisotopic (exact) mass is 278 g/mol. The van der Waals surface area contributed by atoms with E-state index in [-0.39, 0.29) is 18.0 Å². The van der Waals surface area contributed by atoms with Crippen LogP contribution in [0.1, 0.15) is 66.2 Å². The molecule has 0 radical (unpaired) electrons. The lowest BCUT2D eigenvalue weighted by Gasteiger charge is -2.10. The van der Waals surface area contributed by atoms with Crippen molar-refractivity contribution in [3.05, 3.63) is 0 Å². The second kappa shape index (κ2) is 10.8. The molecule has 0 aromatic carbocycles. The van der Waals surface area contributed by atoms with Crippen molar-refractivity contribution in [1.82, 2.24) is 0 Å². The predicted molar refractivity (Wildman–Crippen MR) is 70.4 cm³/mol. The van der Waals surface area contributed by atoms with Gasteiger partial charge >= 0.3 is 5.92 Å². The molecular formula is C14H24F2O3. The van der Waals surface area contributed by atoms with Gasteiger partial charge in [-0.15, -0.1) is 0 Å². The van der Waals surface area contributed by atoms with Crippen LogP contribution >= 0.6 is 0 Å². The Morgan fingerprint density at radius 1 is 0.947 bits per heavy atom. The number of hydrogen-bond donors (Lipinski definition) is 0. The van der Waals surface area contributed by atoms with Gasteiger partial charge in [-0.3, -0.25) is 14.4 Å². The molecule has 0 saturated carbocycles. The van der Waals surface area contributed by atoms with Crippen molar-refractivity contribution in [2.24, 2.45) is 0 Å². The summed E-state index contributed by atoms with van der Waals surface area (Å²) in [5.41, 5.74) is 0. The summed E-state index contributed by atoms with van der Waals surface area (Å²) in [5.74, 6) is -4.67. The number of carbonyl (C=O) groups excluding carboxylic acids is 3. The predicted octanol–water partition coefficient (Wildman–Crippen LogP) is 3.74. The van der Waals surface area contributed by atoms with Crippen LogP contribution in [-0.2, 0) is 14.4 Å². The molecule has 0 saturated heterocycles. The lowest BCUT2D eigenvalue weighted by atomic mass is 10.1. The molecule has 0 N–H and O–H groups in total. The van der Waals surface area contributed by atoms with Crippen molar-refractivity contribution in [2.75, 3.05) is 0 Å². The molecule has 0 aliphatic heterocycles. The molecule has 0 aliphatic rings. The van der Waals surface area contributed by atoms with Gasteiger partial charge in [0.2, 0.25) is 0 Å². The van der Waals surface area contributed by atoms with Gasteiger partial charge in [-0.2, -0.15) is 8.78 Å². The molecular weight excluding hydrogens is 254 g/mol. The third-order valence-corrected chi connectivity index (χ3v) is 2.51. The summed E-state index contributed by atoms with van der Waals surface area (Å²) in [6, 6.07) is 0. The molecule has 5 heteroatoms. The van der Waals surface area contributed by atoms with E-state index in [1.54, 1.807) is 0 Å². The number of alkyl halides is 2. The molecule has 0 bridgehead atoms. The molecule has 0 rings (SSSR count). The smallest absolute Gasteiger partial charge is 0.293 e. The summed E-state index contributed by atoms with van der Waals surface area (Å²) < 4.78 is 24.8. The van der Waals surface area contributed by atoms with Crippen LogP contribution in [0.25, 0.3) is 0 Å². The highest BCUT2D eigenvalue weighted by atomic mass is 19.3. The summed E-state index contributed by atoms with van der Waals surface area (Å²) in [5, 5.41) is 0. The largest absolute Gasteiger partial charge is 0.304 e.